The molecule has 2 nitrogen and oxygen atoms in total. The first kappa shape index (κ1) is 37.3. The minimum absolute atomic E-state index is 1.09. The van der Waals surface area contributed by atoms with Gasteiger partial charge in [-0.05, 0) is 104 Å². The summed E-state index contributed by atoms with van der Waals surface area (Å²) in [6, 6.07) is 88.8. The van der Waals surface area contributed by atoms with Crippen LogP contribution < -0.4 is 4.90 Å². The largest absolute Gasteiger partial charge is 0.310 e. The van der Waals surface area contributed by atoms with Crippen LogP contribution in [-0.2, 0) is 0 Å². The van der Waals surface area contributed by atoms with E-state index in [2.05, 4.69) is 252 Å². The smallest absolute Gasteiger partial charge is 0.0541 e. The van der Waals surface area contributed by atoms with Gasteiger partial charge in [0.1, 0.15) is 0 Å². The van der Waals surface area contributed by atoms with Crippen molar-refractivity contribution in [1.82, 2.24) is 4.57 Å². The van der Waals surface area contributed by atoms with Crippen molar-refractivity contribution >= 4 is 91.9 Å². The van der Waals surface area contributed by atoms with Gasteiger partial charge in [0.15, 0.2) is 0 Å². The van der Waals surface area contributed by atoms with Crippen LogP contribution in [0.2, 0.25) is 0 Å². The van der Waals surface area contributed by atoms with Crippen LogP contribution in [0.25, 0.3) is 103 Å². The fourth-order valence-corrected chi connectivity index (χ4v) is 11.5. The third-order valence-corrected chi connectivity index (χ3v) is 14.5. The fraction of sp³-hybridized carbons (Fsp3) is 0. The molecule has 13 aromatic rings. The highest BCUT2D eigenvalue weighted by Gasteiger charge is 2.19. The Labute approximate surface area is 381 Å². The minimum atomic E-state index is 1.09. The molecule has 0 aliphatic carbocycles. The standard InChI is InChI=1S/C62H40N2S/c1-3-19-49-41(14-1)16-12-24-50(49)45-17-11-18-48(40-45)63(47-37-32-44(33-38-47)53-25-13-26-56-57-39-34-42-15-2-4-21-52(42)62(57)65-61(53)56)46-35-30-43(31-36-46)51-20-5-8-27-58(51)64-59-28-9-6-22-54(59)55-23-7-10-29-60(55)64/h1-40H. The summed E-state index contributed by atoms with van der Waals surface area (Å²) in [6.45, 7) is 0. The second kappa shape index (κ2) is 15.2. The van der Waals surface area contributed by atoms with E-state index in [0.29, 0.717) is 0 Å². The number of thiophene rings is 1. The number of para-hydroxylation sites is 3. The van der Waals surface area contributed by atoms with Gasteiger partial charge in [-0.15, -0.1) is 11.3 Å². The Balaban J connectivity index is 0.935. The number of hydrogen-bond donors (Lipinski definition) is 0. The zero-order chi connectivity index (χ0) is 42.8. The Kier molecular flexibility index (Phi) is 8.75. The maximum atomic E-state index is 2.42. The molecule has 13 rings (SSSR count). The van der Waals surface area contributed by atoms with Gasteiger partial charge in [0.25, 0.3) is 0 Å². The maximum absolute atomic E-state index is 2.42. The van der Waals surface area contributed by atoms with Gasteiger partial charge in [0, 0.05) is 53.6 Å². The second-order valence-corrected chi connectivity index (χ2v) is 17.9. The molecule has 0 aliphatic heterocycles. The first-order valence-corrected chi connectivity index (χ1v) is 23.1. The number of benzene rings is 11. The number of fused-ring (bicyclic) bond motifs is 9. The molecule has 3 heteroatoms. The Hall–Kier alpha value is -8.24. The van der Waals surface area contributed by atoms with E-state index in [1.54, 1.807) is 0 Å². The van der Waals surface area contributed by atoms with Gasteiger partial charge in [-0.2, -0.15) is 0 Å². The highest BCUT2D eigenvalue weighted by Crippen LogP contribution is 2.45. The molecule has 0 radical (unpaired) electrons. The van der Waals surface area contributed by atoms with Crippen LogP contribution in [0.3, 0.4) is 0 Å². The molecule has 2 aromatic heterocycles. The molecule has 0 saturated heterocycles. The average molecular weight is 845 g/mol. The fourth-order valence-electron chi connectivity index (χ4n) is 10.2. The molecular weight excluding hydrogens is 805 g/mol. The van der Waals surface area contributed by atoms with Gasteiger partial charge < -0.3 is 9.47 Å². The van der Waals surface area contributed by atoms with Crippen LogP contribution >= 0.6 is 11.3 Å². The van der Waals surface area contributed by atoms with Gasteiger partial charge in [-0.3, -0.25) is 0 Å². The van der Waals surface area contributed by atoms with E-state index in [1.807, 2.05) is 11.3 Å². The summed E-state index contributed by atoms with van der Waals surface area (Å²) in [6.07, 6.45) is 0. The first-order chi connectivity index (χ1) is 32.2. The third-order valence-electron chi connectivity index (χ3n) is 13.2. The summed E-state index contributed by atoms with van der Waals surface area (Å²) in [4.78, 5) is 2.40. The quantitative estimate of drug-likeness (QED) is 0.155. The van der Waals surface area contributed by atoms with Crippen molar-refractivity contribution in [2.24, 2.45) is 0 Å². The lowest BCUT2D eigenvalue weighted by atomic mass is 9.97. The molecule has 65 heavy (non-hydrogen) atoms. The van der Waals surface area contributed by atoms with Crippen molar-refractivity contribution in [3.05, 3.63) is 243 Å². The second-order valence-electron chi connectivity index (χ2n) is 16.8. The Morgan fingerprint density at radius 1 is 0.292 bits per heavy atom. The summed E-state index contributed by atoms with van der Waals surface area (Å²) in [5, 5.41) is 10.2. The lowest BCUT2D eigenvalue weighted by Crippen LogP contribution is -2.10. The third kappa shape index (κ3) is 6.16. The molecule has 0 atom stereocenters. The van der Waals surface area contributed by atoms with Crippen molar-refractivity contribution in [3.63, 3.8) is 0 Å². The number of rotatable bonds is 7. The molecule has 11 aromatic carbocycles. The molecule has 0 spiro atoms. The topological polar surface area (TPSA) is 8.17 Å². The molecule has 0 unspecified atom stereocenters. The summed E-state index contributed by atoms with van der Waals surface area (Å²) < 4.78 is 5.09. The van der Waals surface area contributed by atoms with Crippen LogP contribution in [-0.4, -0.2) is 4.57 Å². The molecule has 0 aliphatic rings. The van der Waals surface area contributed by atoms with E-state index < -0.39 is 0 Å². The highest BCUT2D eigenvalue weighted by atomic mass is 32.1. The van der Waals surface area contributed by atoms with Gasteiger partial charge >= 0.3 is 0 Å². The van der Waals surface area contributed by atoms with E-state index in [-0.39, 0.29) is 0 Å². The van der Waals surface area contributed by atoms with E-state index in [1.165, 1.54) is 91.3 Å². The Morgan fingerprint density at radius 2 is 0.800 bits per heavy atom. The molecule has 2 heterocycles. The average Bonchev–Trinajstić information content (AvgIpc) is 3.93. The molecule has 304 valence electrons. The van der Waals surface area contributed by atoms with Crippen LogP contribution in [0.5, 0.6) is 0 Å². The van der Waals surface area contributed by atoms with E-state index in [0.717, 1.165) is 28.3 Å². The number of aromatic nitrogens is 1. The molecule has 0 saturated carbocycles. The van der Waals surface area contributed by atoms with Crippen molar-refractivity contribution in [1.29, 1.82) is 0 Å². The molecule has 0 N–H and O–H groups in total. The zero-order valence-corrected chi connectivity index (χ0v) is 36.2. The summed E-state index contributed by atoms with van der Waals surface area (Å²) >= 11 is 1.91. The van der Waals surface area contributed by atoms with Gasteiger partial charge in [0.05, 0.1) is 16.7 Å². The van der Waals surface area contributed by atoms with Crippen molar-refractivity contribution in [2.45, 2.75) is 0 Å². The number of anilines is 3. The van der Waals surface area contributed by atoms with Crippen molar-refractivity contribution in [3.8, 4) is 39.1 Å². The summed E-state index contributed by atoms with van der Waals surface area (Å²) in [5.74, 6) is 0. The SMILES string of the molecule is c1cc(-c2cccc3ccccc23)cc(N(c2ccc(-c3ccccc3-n3c4ccccc4c4ccccc43)cc2)c2ccc(-c3cccc4c3sc3c5ccccc5ccc43)cc2)c1. The first-order valence-electron chi connectivity index (χ1n) is 22.2. The van der Waals surface area contributed by atoms with Gasteiger partial charge in [-0.25, -0.2) is 0 Å². The van der Waals surface area contributed by atoms with E-state index in [4.69, 9.17) is 0 Å². The summed E-state index contributed by atoms with van der Waals surface area (Å²) in [5.41, 5.74) is 14.1. The summed E-state index contributed by atoms with van der Waals surface area (Å²) in [7, 11) is 0. The van der Waals surface area contributed by atoms with E-state index >= 15 is 0 Å². The number of nitrogens with zero attached hydrogens (tertiary/aromatic N) is 2. The highest BCUT2D eigenvalue weighted by molar-refractivity contribution is 7.27. The predicted octanol–water partition coefficient (Wildman–Crippen LogP) is 17.9. The van der Waals surface area contributed by atoms with Gasteiger partial charge in [-0.1, -0.05) is 188 Å². The Morgan fingerprint density at radius 3 is 1.54 bits per heavy atom. The lowest BCUT2D eigenvalue weighted by molar-refractivity contribution is 1.18. The van der Waals surface area contributed by atoms with Crippen LogP contribution in [0.1, 0.15) is 0 Å². The van der Waals surface area contributed by atoms with E-state index in [9.17, 15) is 0 Å². The normalized spacial score (nSPS) is 11.7. The predicted molar refractivity (Wildman–Crippen MR) is 280 cm³/mol. The van der Waals surface area contributed by atoms with Gasteiger partial charge in [0.2, 0.25) is 0 Å². The molecule has 0 amide bonds. The molecule has 0 bridgehead atoms. The maximum Gasteiger partial charge on any atom is 0.0541 e. The van der Waals surface area contributed by atoms with Crippen LogP contribution in [0, 0.1) is 0 Å². The lowest BCUT2D eigenvalue weighted by Gasteiger charge is -2.27. The number of hydrogen-bond acceptors (Lipinski definition) is 2. The van der Waals surface area contributed by atoms with Crippen molar-refractivity contribution in [2.75, 3.05) is 4.90 Å². The van der Waals surface area contributed by atoms with Crippen LogP contribution in [0.4, 0.5) is 17.1 Å². The zero-order valence-electron chi connectivity index (χ0n) is 35.4. The monoisotopic (exact) mass is 844 g/mol. The minimum Gasteiger partial charge on any atom is -0.310 e. The van der Waals surface area contributed by atoms with Crippen molar-refractivity contribution < 1.29 is 0 Å². The molecule has 0 fully saturated rings. The Bertz CT molecular complexity index is 3890. The molecular formula is C62H40N2S. The van der Waals surface area contributed by atoms with Crippen LogP contribution in [0.15, 0.2) is 243 Å².